The molecule has 0 N–H and O–H groups in total. The lowest BCUT2D eigenvalue weighted by Crippen LogP contribution is -2.26. The number of amides is 1. The van der Waals surface area contributed by atoms with Crippen LogP contribution in [0.5, 0.6) is 0 Å². The van der Waals surface area contributed by atoms with E-state index in [1.165, 1.54) is 28.4 Å². The molecule has 3 aromatic rings. The summed E-state index contributed by atoms with van der Waals surface area (Å²) in [5.74, 6) is -0.634. The fraction of sp³-hybridized carbons (Fsp3) is 0.111. The smallest absolute Gasteiger partial charge is 0.265 e. The van der Waals surface area contributed by atoms with Crippen LogP contribution >= 0.6 is 22.9 Å². The van der Waals surface area contributed by atoms with Gasteiger partial charge in [0, 0.05) is 23.2 Å². The number of rotatable bonds is 4. The van der Waals surface area contributed by atoms with Crippen LogP contribution in [0.3, 0.4) is 0 Å². The Labute approximate surface area is 148 Å². The molecule has 122 valence electrons. The molecule has 0 saturated carbocycles. The molecule has 0 aliphatic heterocycles. The summed E-state index contributed by atoms with van der Waals surface area (Å²) < 4.78 is 13.9. The van der Waals surface area contributed by atoms with Crippen molar-refractivity contribution in [1.29, 1.82) is 0 Å². The van der Waals surface area contributed by atoms with Gasteiger partial charge in [0.1, 0.15) is 15.7 Å². The predicted octanol–water partition coefficient (Wildman–Crippen LogP) is 4.87. The fourth-order valence-electron chi connectivity index (χ4n) is 2.27. The molecule has 6 heteroatoms. The second-order valence-electron chi connectivity index (χ2n) is 5.26. The molecule has 3 rings (SSSR count). The van der Waals surface area contributed by atoms with Gasteiger partial charge in [-0.3, -0.25) is 4.79 Å². The number of halogens is 2. The predicted molar refractivity (Wildman–Crippen MR) is 94.8 cm³/mol. The average Bonchev–Trinajstić information content (AvgIpc) is 3.08. The van der Waals surface area contributed by atoms with Crippen LogP contribution in [0.25, 0.3) is 10.6 Å². The number of hydrogen-bond acceptors (Lipinski definition) is 3. The third-order valence-electron chi connectivity index (χ3n) is 3.54. The van der Waals surface area contributed by atoms with Gasteiger partial charge in [-0.25, -0.2) is 9.37 Å². The van der Waals surface area contributed by atoms with Crippen molar-refractivity contribution >= 4 is 28.8 Å². The lowest BCUT2D eigenvalue weighted by Gasteiger charge is -2.17. The molecule has 1 heterocycles. The van der Waals surface area contributed by atoms with Crippen LogP contribution in [0.1, 0.15) is 15.2 Å². The average molecular weight is 361 g/mol. The third kappa shape index (κ3) is 3.47. The molecule has 2 aromatic carbocycles. The Hall–Kier alpha value is -2.24. The van der Waals surface area contributed by atoms with Crippen LogP contribution in [0.15, 0.2) is 54.7 Å². The van der Waals surface area contributed by atoms with Gasteiger partial charge in [0.05, 0.1) is 12.7 Å². The minimum atomic E-state index is -0.420. The molecular formula is C18H14ClFN2OS. The first-order chi connectivity index (χ1) is 11.6. The Morgan fingerprint density at radius 2 is 1.96 bits per heavy atom. The highest BCUT2D eigenvalue weighted by molar-refractivity contribution is 7.16. The summed E-state index contributed by atoms with van der Waals surface area (Å²) in [6.45, 7) is 0.100. The van der Waals surface area contributed by atoms with Gasteiger partial charge in [0.15, 0.2) is 0 Å². The molecular weight excluding hydrogens is 347 g/mol. The normalized spacial score (nSPS) is 10.6. The van der Waals surface area contributed by atoms with Gasteiger partial charge in [0.25, 0.3) is 5.91 Å². The molecule has 0 saturated heterocycles. The topological polar surface area (TPSA) is 33.2 Å². The van der Waals surface area contributed by atoms with Crippen LogP contribution < -0.4 is 0 Å². The molecule has 0 atom stereocenters. The van der Waals surface area contributed by atoms with E-state index in [2.05, 4.69) is 4.98 Å². The first-order valence-corrected chi connectivity index (χ1v) is 8.45. The monoisotopic (exact) mass is 360 g/mol. The van der Waals surface area contributed by atoms with Crippen molar-refractivity contribution in [3.63, 3.8) is 0 Å². The molecule has 1 amide bonds. The van der Waals surface area contributed by atoms with E-state index in [0.717, 1.165) is 10.6 Å². The zero-order valence-corrected chi connectivity index (χ0v) is 14.4. The molecule has 0 radical (unpaired) electrons. The van der Waals surface area contributed by atoms with E-state index in [1.807, 2.05) is 30.3 Å². The Balaban J connectivity index is 1.78. The van der Waals surface area contributed by atoms with Crippen LogP contribution in [-0.4, -0.2) is 22.8 Å². The quantitative estimate of drug-likeness (QED) is 0.664. The number of thiazole rings is 1. The van der Waals surface area contributed by atoms with Gasteiger partial charge >= 0.3 is 0 Å². The third-order valence-corrected chi connectivity index (χ3v) is 4.93. The number of benzene rings is 2. The zero-order valence-electron chi connectivity index (χ0n) is 12.9. The summed E-state index contributed by atoms with van der Waals surface area (Å²) in [5, 5.41) is 1.08. The van der Waals surface area contributed by atoms with Crippen molar-refractivity contribution in [2.24, 2.45) is 0 Å². The standard InChI is InChI=1S/C18H14ClFN2OS/c1-22(11-13-14(19)8-5-9-15(13)20)18(23)16-10-21-17(24-16)12-6-3-2-4-7-12/h2-10H,11H2,1H3. The van der Waals surface area contributed by atoms with E-state index < -0.39 is 5.82 Å². The lowest BCUT2D eigenvalue weighted by molar-refractivity contribution is 0.0788. The van der Waals surface area contributed by atoms with Gasteiger partial charge in [-0.1, -0.05) is 48.0 Å². The number of hydrogen-bond donors (Lipinski definition) is 0. The minimum Gasteiger partial charge on any atom is -0.336 e. The van der Waals surface area contributed by atoms with E-state index in [0.29, 0.717) is 15.5 Å². The van der Waals surface area contributed by atoms with Crippen molar-refractivity contribution in [1.82, 2.24) is 9.88 Å². The van der Waals surface area contributed by atoms with Crippen molar-refractivity contribution < 1.29 is 9.18 Å². The van der Waals surface area contributed by atoms with Crippen LogP contribution in [0, 0.1) is 5.82 Å². The molecule has 0 aliphatic carbocycles. The summed E-state index contributed by atoms with van der Waals surface area (Å²) >= 11 is 7.33. The first kappa shape index (κ1) is 16.6. The van der Waals surface area contributed by atoms with Gasteiger partial charge in [-0.2, -0.15) is 0 Å². The molecule has 0 unspecified atom stereocenters. The summed E-state index contributed by atoms with van der Waals surface area (Å²) in [6.07, 6.45) is 1.55. The largest absolute Gasteiger partial charge is 0.336 e. The SMILES string of the molecule is CN(Cc1c(F)cccc1Cl)C(=O)c1cnc(-c2ccccc2)s1. The molecule has 0 spiro atoms. The summed E-state index contributed by atoms with van der Waals surface area (Å²) in [5.41, 5.74) is 1.27. The Morgan fingerprint density at radius 3 is 2.67 bits per heavy atom. The summed E-state index contributed by atoms with van der Waals surface area (Å²) in [6, 6.07) is 14.1. The van der Waals surface area contributed by atoms with Gasteiger partial charge in [-0.15, -0.1) is 11.3 Å². The van der Waals surface area contributed by atoms with E-state index >= 15 is 0 Å². The number of carbonyl (C=O) groups excluding carboxylic acids is 1. The molecule has 1 aromatic heterocycles. The maximum absolute atomic E-state index is 13.9. The zero-order chi connectivity index (χ0) is 17.1. The lowest BCUT2D eigenvalue weighted by atomic mass is 10.2. The number of carbonyl (C=O) groups is 1. The van der Waals surface area contributed by atoms with Crippen molar-refractivity contribution in [3.8, 4) is 10.6 Å². The highest BCUT2D eigenvalue weighted by Gasteiger charge is 2.18. The highest BCUT2D eigenvalue weighted by atomic mass is 35.5. The van der Waals surface area contributed by atoms with E-state index in [9.17, 15) is 9.18 Å². The second-order valence-corrected chi connectivity index (χ2v) is 6.69. The van der Waals surface area contributed by atoms with Crippen LogP contribution in [0.4, 0.5) is 4.39 Å². The first-order valence-electron chi connectivity index (χ1n) is 7.26. The number of aromatic nitrogens is 1. The maximum Gasteiger partial charge on any atom is 0.265 e. The fourth-order valence-corrected chi connectivity index (χ4v) is 3.41. The summed E-state index contributed by atoms with van der Waals surface area (Å²) in [4.78, 5) is 18.8. The Morgan fingerprint density at radius 1 is 1.21 bits per heavy atom. The highest BCUT2D eigenvalue weighted by Crippen LogP contribution is 2.26. The van der Waals surface area contributed by atoms with Crippen molar-refractivity contribution in [2.45, 2.75) is 6.54 Å². The van der Waals surface area contributed by atoms with E-state index in [1.54, 1.807) is 19.3 Å². The molecule has 0 aliphatic rings. The van der Waals surface area contributed by atoms with Gasteiger partial charge in [-0.05, 0) is 12.1 Å². The van der Waals surface area contributed by atoms with Gasteiger partial charge in [0.2, 0.25) is 0 Å². The molecule has 3 nitrogen and oxygen atoms in total. The molecule has 0 bridgehead atoms. The summed E-state index contributed by atoms with van der Waals surface area (Å²) in [7, 11) is 1.62. The van der Waals surface area contributed by atoms with Crippen molar-refractivity contribution in [3.05, 3.63) is 76.0 Å². The minimum absolute atomic E-state index is 0.100. The van der Waals surface area contributed by atoms with Crippen LogP contribution in [0.2, 0.25) is 5.02 Å². The van der Waals surface area contributed by atoms with Crippen LogP contribution in [-0.2, 0) is 6.54 Å². The van der Waals surface area contributed by atoms with Crippen molar-refractivity contribution in [2.75, 3.05) is 7.05 Å². The van der Waals surface area contributed by atoms with E-state index in [4.69, 9.17) is 11.6 Å². The number of nitrogens with zero attached hydrogens (tertiary/aromatic N) is 2. The molecule has 0 fully saturated rings. The second kappa shape index (κ2) is 7.11. The van der Waals surface area contributed by atoms with E-state index in [-0.39, 0.29) is 12.5 Å². The Bertz CT molecular complexity index is 846. The maximum atomic E-state index is 13.9. The Kier molecular flexibility index (Phi) is 4.92. The van der Waals surface area contributed by atoms with Gasteiger partial charge < -0.3 is 4.90 Å². The molecule has 24 heavy (non-hydrogen) atoms.